The lowest BCUT2D eigenvalue weighted by Crippen LogP contribution is -2.30. The van der Waals surface area contributed by atoms with E-state index in [9.17, 15) is 4.39 Å². The Labute approximate surface area is 180 Å². The van der Waals surface area contributed by atoms with E-state index in [1.807, 2.05) is 31.2 Å². The maximum atomic E-state index is 15.5. The van der Waals surface area contributed by atoms with Crippen molar-refractivity contribution in [3.63, 3.8) is 0 Å². The van der Waals surface area contributed by atoms with Gasteiger partial charge in [-0.3, -0.25) is 0 Å². The minimum absolute atomic E-state index is 0.191. The zero-order valence-electron chi connectivity index (χ0n) is 18.6. The third kappa shape index (κ3) is 4.48. The van der Waals surface area contributed by atoms with Crippen molar-refractivity contribution in [2.45, 2.75) is 84.0 Å². The van der Waals surface area contributed by atoms with Crippen molar-refractivity contribution in [2.75, 3.05) is 0 Å². The summed E-state index contributed by atoms with van der Waals surface area (Å²) >= 11 is 0. The van der Waals surface area contributed by atoms with Crippen LogP contribution in [0.2, 0.25) is 0 Å². The van der Waals surface area contributed by atoms with Crippen LogP contribution in [-0.4, -0.2) is 0 Å². The number of aryl methyl sites for hydroxylation is 1. The first kappa shape index (κ1) is 21.5. The Morgan fingerprint density at radius 1 is 1.00 bits per heavy atom. The summed E-state index contributed by atoms with van der Waals surface area (Å²) in [6, 6.07) is 7.38. The van der Waals surface area contributed by atoms with Crippen molar-refractivity contribution in [3.8, 4) is 0 Å². The van der Waals surface area contributed by atoms with Gasteiger partial charge in [0.15, 0.2) is 0 Å². The molecule has 2 aromatic rings. The second-order valence-corrected chi connectivity index (χ2v) is 9.75. The minimum atomic E-state index is -0.406. The Balaban J connectivity index is 1.53. The first-order valence-electron chi connectivity index (χ1n) is 12.1. The van der Waals surface area contributed by atoms with Crippen molar-refractivity contribution in [2.24, 2.45) is 17.8 Å². The highest BCUT2D eigenvalue weighted by Gasteiger charge is 2.36. The molecular formula is C28H36F2. The molecule has 2 aliphatic carbocycles. The Bertz CT molecular complexity index is 897. The summed E-state index contributed by atoms with van der Waals surface area (Å²) < 4.78 is 30.4. The topological polar surface area (TPSA) is 0 Å². The van der Waals surface area contributed by atoms with Gasteiger partial charge in [0.25, 0.3) is 0 Å². The number of hydrogen-bond acceptors (Lipinski definition) is 0. The molecule has 0 N–H and O–H groups in total. The maximum absolute atomic E-state index is 15.5. The Morgan fingerprint density at radius 3 is 2.60 bits per heavy atom. The second kappa shape index (κ2) is 9.62. The molecule has 0 radical (unpaired) electrons. The maximum Gasteiger partial charge on any atom is 0.137 e. The minimum Gasteiger partial charge on any atom is -0.206 e. The van der Waals surface area contributed by atoms with Gasteiger partial charge in [-0.1, -0.05) is 56.5 Å². The van der Waals surface area contributed by atoms with E-state index in [4.69, 9.17) is 0 Å². The molecule has 2 heteroatoms. The SMILES string of the molecule is C/C=C/CCc1cc(F)c2c(F)c([C@@H]3CC[C@@H]4CC(CCC)CCC4C3)ccc2c1. The molecule has 0 nitrogen and oxygen atoms in total. The highest BCUT2D eigenvalue weighted by Crippen LogP contribution is 2.49. The average Bonchev–Trinajstić information content (AvgIpc) is 2.74. The lowest BCUT2D eigenvalue weighted by molar-refractivity contribution is 0.113. The van der Waals surface area contributed by atoms with Crippen molar-refractivity contribution in [1.82, 2.24) is 0 Å². The third-order valence-electron chi connectivity index (χ3n) is 7.79. The fourth-order valence-corrected chi connectivity index (χ4v) is 6.26. The van der Waals surface area contributed by atoms with Gasteiger partial charge >= 0.3 is 0 Å². The molecule has 0 bridgehead atoms. The third-order valence-corrected chi connectivity index (χ3v) is 7.79. The number of allylic oxidation sites excluding steroid dienone is 2. The lowest BCUT2D eigenvalue weighted by atomic mass is 9.63. The van der Waals surface area contributed by atoms with Gasteiger partial charge in [0, 0.05) is 0 Å². The summed E-state index contributed by atoms with van der Waals surface area (Å²) in [7, 11) is 0. The van der Waals surface area contributed by atoms with E-state index < -0.39 is 5.82 Å². The molecule has 0 heterocycles. The molecule has 0 spiro atoms. The molecule has 2 aromatic carbocycles. The average molecular weight is 411 g/mol. The first-order chi connectivity index (χ1) is 14.6. The lowest BCUT2D eigenvalue weighted by Gasteiger charge is -2.42. The molecule has 0 aromatic heterocycles. The molecule has 2 saturated carbocycles. The van der Waals surface area contributed by atoms with E-state index in [0.717, 1.165) is 54.6 Å². The number of benzene rings is 2. The molecule has 2 fully saturated rings. The van der Waals surface area contributed by atoms with Crippen LogP contribution in [0.4, 0.5) is 8.78 Å². The second-order valence-electron chi connectivity index (χ2n) is 9.75. The smallest absolute Gasteiger partial charge is 0.137 e. The van der Waals surface area contributed by atoms with Crippen LogP contribution in [0.1, 0.15) is 88.7 Å². The predicted molar refractivity (Wildman–Crippen MR) is 123 cm³/mol. The highest BCUT2D eigenvalue weighted by atomic mass is 19.1. The molecule has 0 aliphatic heterocycles. The Hall–Kier alpha value is -1.70. The summed E-state index contributed by atoms with van der Waals surface area (Å²) in [5.41, 5.74) is 1.69. The largest absolute Gasteiger partial charge is 0.206 e. The molecular weight excluding hydrogens is 374 g/mol. The Morgan fingerprint density at radius 2 is 1.80 bits per heavy atom. The molecule has 162 valence electrons. The van der Waals surface area contributed by atoms with Crippen LogP contribution in [0, 0.1) is 29.4 Å². The summed E-state index contributed by atoms with van der Waals surface area (Å²) in [5.74, 6) is 1.98. The van der Waals surface area contributed by atoms with Crippen LogP contribution in [0.15, 0.2) is 36.4 Å². The van der Waals surface area contributed by atoms with Gasteiger partial charge in [-0.15, -0.1) is 0 Å². The number of fused-ring (bicyclic) bond motifs is 2. The zero-order chi connectivity index (χ0) is 21.1. The summed E-state index contributed by atoms with van der Waals surface area (Å²) in [6.45, 7) is 4.28. The van der Waals surface area contributed by atoms with E-state index in [-0.39, 0.29) is 17.1 Å². The number of halogens is 2. The van der Waals surface area contributed by atoms with Crippen LogP contribution in [0.3, 0.4) is 0 Å². The van der Waals surface area contributed by atoms with Crippen molar-refractivity contribution < 1.29 is 8.78 Å². The van der Waals surface area contributed by atoms with Crippen LogP contribution < -0.4 is 0 Å². The molecule has 0 amide bonds. The number of rotatable bonds is 6. The van der Waals surface area contributed by atoms with Gasteiger partial charge in [-0.05, 0) is 98.1 Å². The van der Waals surface area contributed by atoms with E-state index >= 15 is 4.39 Å². The van der Waals surface area contributed by atoms with Gasteiger partial charge in [0.2, 0.25) is 0 Å². The molecule has 4 rings (SSSR count). The molecule has 2 unspecified atom stereocenters. The van der Waals surface area contributed by atoms with E-state index in [2.05, 4.69) is 13.0 Å². The van der Waals surface area contributed by atoms with E-state index in [1.54, 1.807) is 0 Å². The van der Waals surface area contributed by atoms with Crippen molar-refractivity contribution >= 4 is 10.8 Å². The van der Waals surface area contributed by atoms with Crippen molar-refractivity contribution in [3.05, 3.63) is 59.2 Å². The van der Waals surface area contributed by atoms with Gasteiger partial charge in [0.05, 0.1) is 5.39 Å². The van der Waals surface area contributed by atoms with Gasteiger partial charge in [-0.2, -0.15) is 0 Å². The fraction of sp³-hybridized carbons (Fsp3) is 0.571. The number of hydrogen-bond donors (Lipinski definition) is 0. The molecule has 0 saturated heterocycles. The fourth-order valence-electron chi connectivity index (χ4n) is 6.26. The van der Waals surface area contributed by atoms with Crippen molar-refractivity contribution in [1.29, 1.82) is 0 Å². The molecule has 2 aliphatic rings. The predicted octanol–water partition coefficient (Wildman–Crippen LogP) is 8.73. The van der Waals surface area contributed by atoms with E-state index in [0.29, 0.717) is 5.39 Å². The Kier molecular flexibility index (Phi) is 6.91. The standard InChI is InChI=1S/C28H36F2/c1-3-5-6-8-20-16-24-13-14-25(28(30)27(24)26(29)17-20)23-12-11-21-15-19(7-4-2)9-10-22(21)18-23/h3,5,13-14,16-17,19,21-23H,4,6-12,15,18H2,1-2H3/b5-3+/t19?,21-,22?,23-/m1/s1. The van der Waals surface area contributed by atoms with E-state index in [1.165, 1.54) is 44.6 Å². The van der Waals surface area contributed by atoms with Gasteiger partial charge in [-0.25, -0.2) is 8.78 Å². The first-order valence-corrected chi connectivity index (χ1v) is 12.1. The normalized spacial score (nSPS) is 26.9. The molecule has 4 atom stereocenters. The van der Waals surface area contributed by atoms with Gasteiger partial charge < -0.3 is 0 Å². The summed E-state index contributed by atoms with van der Waals surface area (Å²) in [5, 5.41) is 0.886. The highest BCUT2D eigenvalue weighted by molar-refractivity contribution is 5.85. The van der Waals surface area contributed by atoms with Crippen LogP contribution >= 0.6 is 0 Å². The monoisotopic (exact) mass is 410 g/mol. The summed E-state index contributed by atoms with van der Waals surface area (Å²) in [4.78, 5) is 0. The van der Waals surface area contributed by atoms with Crippen LogP contribution in [0.25, 0.3) is 10.8 Å². The van der Waals surface area contributed by atoms with Crippen LogP contribution in [0.5, 0.6) is 0 Å². The van der Waals surface area contributed by atoms with Crippen LogP contribution in [-0.2, 0) is 6.42 Å². The zero-order valence-corrected chi connectivity index (χ0v) is 18.6. The van der Waals surface area contributed by atoms with Gasteiger partial charge in [0.1, 0.15) is 11.6 Å². The quantitative estimate of drug-likeness (QED) is 0.418. The molecule has 30 heavy (non-hydrogen) atoms. The summed E-state index contributed by atoms with van der Waals surface area (Å²) in [6.07, 6.45) is 15.7.